The Morgan fingerprint density at radius 1 is 1.15 bits per heavy atom. The molecule has 0 saturated carbocycles. The summed E-state index contributed by atoms with van der Waals surface area (Å²) in [5.74, 6) is 0. The summed E-state index contributed by atoms with van der Waals surface area (Å²) in [6, 6.07) is 3.54. The van der Waals surface area contributed by atoms with Crippen LogP contribution >= 0.6 is 0 Å². The van der Waals surface area contributed by atoms with E-state index in [4.69, 9.17) is 0 Å². The van der Waals surface area contributed by atoms with Gasteiger partial charge in [0.1, 0.15) is 0 Å². The third-order valence-electron chi connectivity index (χ3n) is 1.81. The zero-order valence-corrected chi connectivity index (χ0v) is 6.91. The number of aromatic nitrogens is 3. The van der Waals surface area contributed by atoms with Crippen molar-refractivity contribution in [2.24, 2.45) is 0 Å². The lowest BCUT2D eigenvalue weighted by Gasteiger charge is -2.10. The van der Waals surface area contributed by atoms with E-state index >= 15 is 0 Å². The van der Waals surface area contributed by atoms with E-state index in [0.717, 1.165) is 5.56 Å². The standard InChI is InChI=1S/C9H9N3O/c13-9(12-6-5-11-7-12)8-1-3-10-4-2-8/h1-7,9,13H. The van der Waals surface area contributed by atoms with Crippen LogP contribution in [0.4, 0.5) is 0 Å². The van der Waals surface area contributed by atoms with Crippen molar-refractivity contribution in [3.63, 3.8) is 0 Å². The molecule has 13 heavy (non-hydrogen) atoms. The molecule has 1 N–H and O–H groups in total. The van der Waals surface area contributed by atoms with Crippen LogP contribution in [-0.4, -0.2) is 19.6 Å². The van der Waals surface area contributed by atoms with Crippen molar-refractivity contribution in [2.45, 2.75) is 6.23 Å². The number of nitrogens with zero attached hydrogens (tertiary/aromatic N) is 3. The van der Waals surface area contributed by atoms with Crippen LogP contribution in [0.5, 0.6) is 0 Å². The molecular formula is C9H9N3O. The van der Waals surface area contributed by atoms with Gasteiger partial charge in [-0.25, -0.2) is 4.98 Å². The maximum atomic E-state index is 9.78. The summed E-state index contributed by atoms with van der Waals surface area (Å²) >= 11 is 0. The smallest absolute Gasteiger partial charge is 0.157 e. The maximum absolute atomic E-state index is 9.78. The number of aliphatic hydroxyl groups excluding tert-OH is 1. The maximum Gasteiger partial charge on any atom is 0.157 e. The second kappa shape index (κ2) is 3.37. The third kappa shape index (κ3) is 1.57. The molecule has 0 amide bonds. The lowest BCUT2D eigenvalue weighted by molar-refractivity contribution is 0.146. The van der Waals surface area contributed by atoms with E-state index in [0.29, 0.717) is 0 Å². The van der Waals surface area contributed by atoms with E-state index in [2.05, 4.69) is 9.97 Å². The molecule has 2 rings (SSSR count). The molecule has 1 atom stereocenters. The van der Waals surface area contributed by atoms with Crippen LogP contribution in [0.1, 0.15) is 11.8 Å². The van der Waals surface area contributed by atoms with Gasteiger partial charge in [0, 0.05) is 30.4 Å². The fourth-order valence-electron chi connectivity index (χ4n) is 1.12. The summed E-state index contributed by atoms with van der Waals surface area (Å²) in [7, 11) is 0. The predicted molar refractivity (Wildman–Crippen MR) is 46.8 cm³/mol. The molecule has 0 aliphatic carbocycles. The molecule has 4 heteroatoms. The first-order chi connectivity index (χ1) is 6.38. The van der Waals surface area contributed by atoms with E-state index in [9.17, 15) is 5.11 Å². The topological polar surface area (TPSA) is 50.9 Å². The van der Waals surface area contributed by atoms with Gasteiger partial charge in [-0.05, 0) is 12.1 Å². The molecule has 2 aromatic rings. The Bertz CT molecular complexity index is 358. The van der Waals surface area contributed by atoms with Crippen LogP contribution in [0, 0.1) is 0 Å². The highest BCUT2D eigenvalue weighted by Gasteiger charge is 2.06. The van der Waals surface area contributed by atoms with Gasteiger partial charge in [-0.2, -0.15) is 0 Å². The van der Waals surface area contributed by atoms with Crippen molar-refractivity contribution in [2.75, 3.05) is 0 Å². The summed E-state index contributed by atoms with van der Waals surface area (Å²) in [6.45, 7) is 0. The SMILES string of the molecule is OC(c1ccncc1)n1ccnc1. The van der Waals surface area contributed by atoms with Gasteiger partial charge in [0.15, 0.2) is 6.23 Å². The average Bonchev–Trinajstić information content (AvgIpc) is 2.71. The molecule has 2 aromatic heterocycles. The summed E-state index contributed by atoms with van der Waals surface area (Å²) in [5, 5.41) is 9.78. The molecule has 0 fully saturated rings. The fraction of sp³-hybridized carbons (Fsp3) is 0.111. The Morgan fingerprint density at radius 2 is 1.92 bits per heavy atom. The second-order valence-electron chi connectivity index (χ2n) is 2.66. The van der Waals surface area contributed by atoms with Crippen molar-refractivity contribution < 1.29 is 5.11 Å². The van der Waals surface area contributed by atoms with Crippen molar-refractivity contribution in [3.8, 4) is 0 Å². The van der Waals surface area contributed by atoms with E-state index in [1.54, 1.807) is 47.8 Å². The first-order valence-corrected chi connectivity index (χ1v) is 3.93. The minimum atomic E-state index is -0.675. The van der Waals surface area contributed by atoms with Gasteiger partial charge >= 0.3 is 0 Å². The number of hydrogen-bond donors (Lipinski definition) is 1. The molecule has 0 radical (unpaired) electrons. The Balaban J connectivity index is 2.29. The molecule has 4 nitrogen and oxygen atoms in total. The van der Waals surface area contributed by atoms with Crippen LogP contribution in [-0.2, 0) is 0 Å². The first-order valence-electron chi connectivity index (χ1n) is 3.93. The molecule has 0 aliphatic heterocycles. The minimum Gasteiger partial charge on any atom is -0.369 e. The van der Waals surface area contributed by atoms with E-state index < -0.39 is 6.23 Å². The van der Waals surface area contributed by atoms with Crippen molar-refractivity contribution >= 4 is 0 Å². The molecule has 0 spiro atoms. The zero-order valence-electron chi connectivity index (χ0n) is 6.91. The summed E-state index contributed by atoms with van der Waals surface area (Å²) in [4.78, 5) is 7.73. The van der Waals surface area contributed by atoms with Gasteiger partial charge < -0.3 is 9.67 Å². The molecule has 0 aliphatic rings. The van der Waals surface area contributed by atoms with Crippen molar-refractivity contribution in [1.82, 2.24) is 14.5 Å². The van der Waals surface area contributed by atoms with Gasteiger partial charge in [-0.1, -0.05) is 0 Å². The molecule has 0 saturated heterocycles. The second-order valence-corrected chi connectivity index (χ2v) is 2.66. The van der Waals surface area contributed by atoms with E-state index in [1.165, 1.54) is 0 Å². The number of rotatable bonds is 2. The quantitative estimate of drug-likeness (QED) is 0.735. The highest BCUT2D eigenvalue weighted by molar-refractivity contribution is 5.13. The Labute approximate surface area is 75.5 Å². The van der Waals surface area contributed by atoms with Gasteiger partial charge in [-0.15, -0.1) is 0 Å². The average molecular weight is 175 g/mol. The molecule has 1 unspecified atom stereocenters. The Morgan fingerprint density at radius 3 is 2.54 bits per heavy atom. The highest BCUT2D eigenvalue weighted by atomic mass is 16.3. The van der Waals surface area contributed by atoms with Crippen LogP contribution in [0.15, 0.2) is 43.2 Å². The Hall–Kier alpha value is -1.68. The van der Waals surface area contributed by atoms with E-state index in [1.807, 2.05) is 0 Å². The normalized spacial score (nSPS) is 12.7. The molecular weight excluding hydrogens is 166 g/mol. The zero-order chi connectivity index (χ0) is 9.10. The first kappa shape index (κ1) is 7.94. The van der Waals surface area contributed by atoms with Crippen LogP contribution < -0.4 is 0 Å². The number of hydrogen-bond acceptors (Lipinski definition) is 3. The Kier molecular flexibility index (Phi) is 2.06. The van der Waals surface area contributed by atoms with Crippen molar-refractivity contribution in [1.29, 1.82) is 0 Å². The lowest BCUT2D eigenvalue weighted by atomic mass is 10.2. The molecule has 0 bridgehead atoms. The number of pyridine rings is 1. The number of imidazole rings is 1. The summed E-state index contributed by atoms with van der Waals surface area (Å²) < 4.78 is 1.62. The monoisotopic (exact) mass is 175 g/mol. The van der Waals surface area contributed by atoms with Crippen LogP contribution in [0.3, 0.4) is 0 Å². The predicted octanol–water partition coefficient (Wildman–Crippen LogP) is 0.817. The molecule has 66 valence electrons. The lowest BCUT2D eigenvalue weighted by Crippen LogP contribution is -2.07. The van der Waals surface area contributed by atoms with E-state index in [-0.39, 0.29) is 0 Å². The third-order valence-corrected chi connectivity index (χ3v) is 1.81. The highest BCUT2D eigenvalue weighted by Crippen LogP contribution is 2.12. The van der Waals surface area contributed by atoms with Gasteiger partial charge in [0.2, 0.25) is 0 Å². The summed E-state index contributed by atoms with van der Waals surface area (Å²) in [5.41, 5.74) is 0.799. The summed E-state index contributed by atoms with van der Waals surface area (Å²) in [6.07, 6.45) is 7.54. The van der Waals surface area contributed by atoms with Gasteiger partial charge in [0.05, 0.1) is 6.33 Å². The van der Waals surface area contributed by atoms with Gasteiger partial charge in [0.25, 0.3) is 0 Å². The minimum absolute atomic E-state index is 0.675. The van der Waals surface area contributed by atoms with Crippen LogP contribution in [0.2, 0.25) is 0 Å². The fourth-order valence-corrected chi connectivity index (χ4v) is 1.12. The number of aliphatic hydroxyl groups is 1. The van der Waals surface area contributed by atoms with Crippen LogP contribution in [0.25, 0.3) is 0 Å². The van der Waals surface area contributed by atoms with Crippen molar-refractivity contribution in [3.05, 3.63) is 48.8 Å². The largest absolute Gasteiger partial charge is 0.369 e. The van der Waals surface area contributed by atoms with Gasteiger partial charge in [-0.3, -0.25) is 4.98 Å². The molecule has 0 aromatic carbocycles. The molecule has 2 heterocycles.